The molecule has 1 aliphatic heterocycles. The lowest BCUT2D eigenvalue weighted by molar-refractivity contribution is 0.480. The maximum absolute atomic E-state index is 10.4. The van der Waals surface area contributed by atoms with Crippen LogP contribution in [0.5, 0.6) is 5.75 Å². The molecule has 0 atom stereocenters. The van der Waals surface area contributed by atoms with Gasteiger partial charge >= 0.3 is 0 Å². The number of hydrogen-bond donors (Lipinski definition) is 1. The molecule has 0 radical (unpaired) electrons. The van der Waals surface area contributed by atoms with Crippen LogP contribution in [0.15, 0.2) is 85.2 Å². The largest absolute Gasteiger partial charge is 0.506 e. The Bertz CT molecular complexity index is 1670. The van der Waals surface area contributed by atoms with Crippen molar-refractivity contribution in [2.45, 2.75) is 45.4 Å². The number of para-hydroxylation sites is 1. The van der Waals surface area contributed by atoms with Gasteiger partial charge in [0.15, 0.2) is 0 Å². The molecule has 6 rings (SSSR count). The average Bonchev–Trinajstić information content (AvgIpc) is 2.88. The van der Waals surface area contributed by atoms with Gasteiger partial charge in [-0.05, 0) is 72.9 Å². The molecule has 5 aromatic rings. The van der Waals surface area contributed by atoms with Crippen molar-refractivity contribution in [2.75, 3.05) is 4.90 Å². The van der Waals surface area contributed by atoms with E-state index in [0.29, 0.717) is 5.52 Å². The van der Waals surface area contributed by atoms with Crippen molar-refractivity contribution in [1.82, 2.24) is 15.0 Å². The second-order valence-electron chi connectivity index (χ2n) is 11.3. The Morgan fingerprint density at radius 3 is 2.46 bits per heavy atom. The number of nitrogens with zero attached hydrogens (tertiary/aromatic N) is 4. The first-order chi connectivity index (χ1) is 17.6. The van der Waals surface area contributed by atoms with E-state index in [-0.39, 0.29) is 16.6 Å². The minimum Gasteiger partial charge on any atom is -0.506 e. The summed E-state index contributed by atoms with van der Waals surface area (Å²) in [5.74, 6) is 1.04. The van der Waals surface area contributed by atoms with E-state index in [0.717, 1.165) is 39.5 Å². The van der Waals surface area contributed by atoms with Gasteiger partial charge in [0.2, 0.25) is 0 Å². The Morgan fingerprint density at radius 1 is 0.811 bits per heavy atom. The number of hydrogen-bond acceptors (Lipinski definition) is 5. The second kappa shape index (κ2) is 8.13. The van der Waals surface area contributed by atoms with E-state index in [2.05, 4.69) is 75.9 Å². The predicted molar refractivity (Wildman–Crippen MR) is 150 cm³/mol. The van der Waals surface area contributed by atoms with Crippen LogP contribution in [0.4, 0.5) is 17.2 Å². The quantitative estimate of drug-likeness (QED) is 0.276. The van der Waals surface area contributed by atoms with Gasteiger partial charge in [-0.25, -0.2) is 9.97 Å². The van der Waals surface area contributed by atoms with Crippen LogP contribution in [-0.4, -0.2) is 20.1 Å². The van der Waals surface area contributed by atoms with Crippen LogP contribution in [-0.2, 0) is 10.8 Å². The zero-order chi connectivity index (χ0) is 25.9. The lowest BCUT2D eigenvalue weighted by atomic mass is 9.76. The standard InChI is InChI=1S/C32H30N4O/c1-31(2,3)22-15-17-33-28(19-22)36-25-9-7-16-34-30(25)32(4,5)23-13-11-21(18-26(23)36)24-14-12-20-8-6-10-27(37)29(20)35-24/h6-19,37H,1-5H3. The number of rotatable bonds is 2. The fraction of sp³-hybridized carbons (Fsp3) is 0.219. The summed E-state index contributed by atoms with van der Waals surface area (Å²) in [7, 11) is 0. The minimum absolute atomic E-state index is 0.00773. The molecule has 0 spiro atoms. The topological polar surface area (TPSA) is 62.1 Å². The summed E-state index contributed by atoms with van der Waals surface area (Å²) >= 11 is 0. The molecular weight excluding hydrogens is 456 g/mol. The lowest BCUT2D eigenvalue weighted by Crippen LogP contribution is -2.32. The summed E-state index contributed by atoms with van der Waals surface area (Å²) in [6, 6.07) is 24.3. The molecule has 5 nitrogen and oxygen atoms in total. The van der Waals surface area contributed by atoms with E-state index < -0.39 is 0 Å². The first kappa shape index (κ1) is 23.2. The Labute approximate surface area is 217 Å². The molecule has 37 heavy (non-hydrogen) atoms. The van der Waals surface area contributed by atoms with Gasteiger partial charge in [0, 0.05) is 28.8 Å². The van der Waals surface area contributed by atoms with Crippen molar-refractivity contribution in [3.8, 4) is 17.0 Å². The first-order valence-electron chi connectivity index (χ1n) is 12.6. The number of phenolic OH excluding ortho intramolecular Hbond substituents is 1. The van der Waals surface area contributed by atoms with E-state index >= 15 is 0 Å². The fourth-order valence-corrected chi connectivity index (χ4v) is 5.27. The van der Waals surface area contributed by atoms with Gasteiger partial charge in [-0.15, -0.1) is 0 Å². The highest BCUT2D eigenvalue weighted by Gasteiger charge is 2.39. The van der Waals surface area contributed by atoms with Crippen molar-refractivity contribution < 1.29 is 5.11 Å². The van der Waals surface area contributed by atoms with E-state index in [4.69, 9.17) is 15.0 Å². The van der Waals surface area contributed by atoms with E-state index in [1.54, 1.807) is 6.07 Å². The van der Waals surface area contributed by atoms with Gasteiger partial charge in [0.05, 0.1) is 22.8 Å². The number of fused-ring (bicyclic) bond motifs is 3. The molecule has 184 valence electrons. The van der Waals surface area contributed by atoms with Crippen LogP contribution in [0.2, 0.25) is 0 Å². The molecule has 0 fully saturated rings. The van der Waals surface area contributed by atoms with Crippen LogP contribution in [0, 0.1) is 0 Å². The second-order valence-corrected chi connectivity index (χ2v) is 11.3. The van der Waals surface area contributed by atoms with E-state index in [9.17, 15) is 5.11 Å². The molecule has 2 aromatic carbocycles. The molecule has 1 aliphatic rings. The zero-order valence-electron chi connectivity index (χ0n) is 21.8. The molecule has 0 saturated carbocycles. The third-order valence-electron chi connectivity index (χ3n) is 7.37. The van der Waals surface area contributed by atoms with Crippen molar-refractivity contribution in [3.05, 3.63) is 102 Å². The third-order valence-corrected chi connectivity index (χ3v) is 7.37. The number of benzene rings is 2. The van der Waals surface area contributed by atoms with Crippen LogP contribution in [0.25, 0.3) is 22.2 Å². The summed E-state index contributed by atoms with van der Waals surface area (Å²) in [4.78, 5) is 16.7. The predicted octanol–water partition coefficient (Wildman–Crippen LogP) is 7.80. The van der Waals surface area contributed by atoms with Crippen molar-refractivity contribution >= 4 is 28.1 Å². The molecule has 0 amide bonds. The Balaban J connectivity index is 1.59. The summed E-state index contributed by atoms with van der Waals surface area (Å²) < 4.78 is 0. The highest BCUT2D eigenvalue weighted by atomic mass is 16.3. The molecule has 5 heteroatoms. The van der Waals surface area contributed by atoms with E-state index in [1.807, 2.05) is 42.7 Å². The van der Waals surface area contributed by atoms with Crippen LogP contribution in [0.3, 0.4) is 0 Å². The zero-order valence-corrected chi connectivity index (χ0v) is 21.8. The molecule has 0 unspecified atom stereocenters. The number of phenols is 1. The Morgan fingerprint density at radius 2 is 1.65 bits per heavy atom. The summed E-state index contributed by atoms with van der Waals surface area (Å²) in [6.07, 6.45) is 3.76. The normalized spacial score (nSPS) is 14.4. The van der Waals surface area contributed by atoms with Gasteiger partial charge in [-0.3, -0.25) is 9.88 Å². The van der Waals surface area contributed by atoms with Crippen molar-refractivity contribution in [3.63, 3.8) is 0 Å². The molecule has 4 heterocycles. The third kappa shape index (κ3) is 3.73. The molecular formula is C32H30N4O. The maximum Gasteiger partial charge on any atom is 0.141 e. The monoisotopic (exact) mass is 486 g/mol. The van der Waals surface area contributed by atoms with Crippen LogP contribution in [0.1, 0.15) is 51.4 Å². The van der Waals surface area contributed by atoms with Crippen LogP contribution >= 0.6 is 0 Å². The first-order valence-corrected chi connectivity index (χ1v) is 12.6. The summed E-state index contributed by atoms with van der Waals surface area (Å²) in [5.41, 5.74) is 7.58. The van der Waals surface area contributed by atoms with Crippen molar-refractivity contribution in [2.24, 2.45) is 0 Å². The maximum atomic E-state index is 10.4. The van der Waals surface area contributed by atoms with Gasteiger partial charge < -0.3 is 5.11 Å². The number of anilines is 3. The van der Waals surface area contributed by atoms with Crippen LogP contribution < -0.4 is 4.90 Å². The van der Waals surface area contributed by atoms with Gasteiger partial charge in [0.1, 0.15) is 17.1 Å². The molecule has 0 bridgehead atoms. The number of pyridine rings is 3. The Hall–Kier alpha value is -4.25. The summed E-state index contributed by atoms with van der Waals surface area (Å²) in [5, 5.41) is 11.3. The molecule has 0 saturated heterocycles. The van der Waals surface area contributed by atoms with Gasteiger partial charge in [-0.1, -0.05) is 51.1 Å². The highest BCUT2D eigenvalue weighted by Crippen LogP contribution is 2.51. The fourth-order valence-electron chi connectivity index (χ4n) is 5.27. The number of aromatic hydroxyl groups is 1. The van der Waals surface area contributed by atoms with E-state index in [1.165, 1.54) is 11.1 Å². The number of aromatic nitrogens is 3. The minimum atomic E-state index is -0.294. The Kier molecular flexibility index (Phi) is 5.09. The molecule has 0 aliphatic carbocycles. The molecule has 1 N–H and O–H groups in total. The average molecular weight is 487 g/mol. The van der Waals surface area contributed by atoms with Gasteiger partial charge in [0.25, 0.3) is 0 Å². The van der Waals surface area contributed by atoms with Crippen molar-refractivity contribution in [1.29, 1.82) is 0 Å². The summed E-state index contributed by atoms with van der Waals surface area (Å²) in [6.45, 7) is 11.1. The highest BCUT2D eigenvalue weighted by molar-refractivity contribution is 5.89. The smallest absolute Gasteiger partial charge is 0.141 e. The lowest BCUT2D eigenvalue weighted by Gasteiger charge is -2.40. The van der Waals surface area contributed by atoms with Gasteiger partial charge in [-0.2, -0.15) is 0 Å². The molecule has 3 aromatic heterocycles. The SMILES string of the molecule is CC(C)(C)c1ccnc(N2c3cc(-c4ccc5cccc(O)c5n4)ccc3C(C)(C)c3ncccc32)c1.